The highest BCUT2D eigenvalue weighted by Gasteiger charge is 2.27. The number of hydrogen-bond donors (Lipinski definition) is 0. The number of hydrogen-bond acceptors (Lipinski definition) is 3. The van der Waals surface area contributed by atoms with Crippen molar-refractivity contribution in [2.45, 2.75) is 32.9 Å². The molecule has 4 heteroatoms. The SMILES string of the molecule is CC(C)N1CCN(C(=O)COc2ccccc2)CC1C. The number of benzene rings is 1. The molecule has 1 unspecified atom stereocenters. The molecular formula is C16H24N2O2. The summed E-state index contributed by atoms with van der Waals surface area (Å²) in [5.74, 6) is 0.818. The maximum Gasteiger partial charge on any atom is 0.260 e. The Hall–Kier alpha value is -1.55. The van der Waals surface area contributed by atoms with E-state index in [1.807, 2.05) is 35.2 Å². The Morgan fingerprint density at radius 2 is 2.00 bits per heavy atom. The van der Waals surface area contributed by atoms with Crippen LogP contribution in [0.5, 0.6) is 5.75 Å². The Bertz CT molecular complexity index is 433. The first-order valence-corrected chi connectivity index (χ1v) is 7.29. The van der Waals surface area contributed by atoms with Gasteiger partial charge in [0.2, 0.25) is 0 Å². The predicted octanol–water partition coefficient (Wildman–Crippen LogP) is 2.01. The van der Waals surface area contributed by atoms with Crippen molar-refractivity contribution < 1.29 is 9.53 Å². The molecule has 1 heterocycles. The monoisotopic (exact) mass is 276 g/mol. The Morgan fingerprint density at radius 3 is 2.60 bits per heavy atom. The Balaban J connectivity index is 1.82. The zero-order valence-electron chi connectivity index (χ0n) is 12.6. The van der Waals surface area contributed by atoms with Crippen molar-refractivity contribution in [1.29, 1.82) is 0 Å². The first-order chi connectivity index (χ1) is 9.58. The van der Waals surface area contributed by atoms with E-state index < -0.39 is 0 Å². The van der Waals surface area contributed by atoms with E-state index in [-0.39, 0.29) is 12.5 Å². The Labute approximate surface area is 121 Å². The second-order valence-electron chi connectivity index (χ2n) is 5.62. The van der Waals surface area contributed by atoms with E-state index >= 15 is 0 Å². The number of ether oxygens (including phenoxy) is 1. The molecule has 1 saturated heterocycles. The van der Waals surface area contributed by atoms with E-state index in [1.165, 1.54) is 0 Å². The lowest BCUT2D eigenvalue weighted by atomic mass is 10.1. The third kappa shape index (κ3) is 3.73. The molecule has 1 atom stereocenters. The van der Waals surface area contributed by atoms with Crippen LogP contribution < -0.4 is 4.74 Å². The van der Waals surface area contributed by atoms with Gasteiger partial charge in [-0.2, -0.15) is 0 Å². The van der Waals surface area contributed by atoms with Gasteiger partial charge in [0.25, 0.3) is 5.91 Å². The number of rotatable bonds is 4. The van der Waals surface area contributed by atoms with E-state index in [2.05, 4.69) is 25.7 Å². The fourth-order valence-electron chi connectivity index (χ4n) is 2.72. The lowest BCUT2D eigenvalue weighted by Crippen LogP contribution is -2.56. The summed E-state index contributed by atoms with van der Waals surface area (Å²) in [6, 6.07) is 10.4. The number of para-hydroxylation sites is 1. The zero-order chi connectivity index (χ0) is 14.5. The molecule has 1 aromatic rings. The first kappa shape index (κ1) is 14.9. The summed E-state index contributed by atoms with van der Waals surface area (Å²) in [5, 5.41) is 0. The highest BCUT2D eigenvalue weighted by atomic mass is 16.5. The van der Waals surface area contributed by atoms with E-state index in [0.717, 1.165) is 25.4 Å². The van der Waals surface area contributed by atoms with Crippen LogP contribution in [0.2, 0.25) is 0 Å². The van der Waals surface area contributed by atoms with Crippen LogP contribution in [0, 0.1) is 0 Å². The largest absolute Gasteiger partial charge is 0.484 e. The molecule has 0 aliphatic carbocycles. The van der Waals surface area contributed by atoms with Crippen molar-refractivity contribution in [2.24, 2.45) is 0 Å². The molecule has 1 aliphatic rings. The predicted molar refractivity (Wildman–Crippen MR) is 79.8 cm³/mol. The van der Waals surface area contributed by atoms with E-state index in [1.54, 1.807) is 0 Å². The number of piperazine rings is 1. The summed E-state index contributed by atoms with van der Waals surface area (Å²) in [6.07, 6.45) is 0. The van der Waals surface area contributed by atoms with Crippen LogP contribution in [0.15, 0.2) is 30.3 Å². The lowest BCUT2D eigenvalue weighted by Gasteiger charge is -2.42. The average molecular weight is 276 g/mol. The Kier molecular flexibility index (Phi) is 5.01. The van der Waals surface area contributed by atoms with Gasteiger partial charge in [0.15, 0.2) is 6.61 Å². The summed E-state index contributed by atoms with van der Waals surface area (Å²) in [6.45, 7) is 9.22. The van der Waals surface area contributed by atoms with Crippen LogP contribution in [-0.2, 0) is 4.79 Å². The number of nitrogens with zero attached hydrogens (tertiary/aromatic N) is 2. The Morgan fingerprint density at radius 1 is 1.30 bits per heavy atom. The van der Waals surface area contributed by atoms with Gasteiger partial charge in [-0.15, -0.1) is 0 Å². The normalized spacial score (nSPS) is 20.2. The second kappa shape index (κ2) is 6.75. The molecule has 0 N–H and O–H groups in total. The number of amides is 1. The molecule has 0 radical (unpaired) electrons. The maximum atomic E-state index is 12.2. The average Bonchev–Trinajstić information content (AvgIpc) is 2.45. The van der Waals surface area contributed by atoms with Crippen LogP contribution in [0.25, 0.3) is 0 Å². The third-order valence-electron chi connectivity index (χ3n) is 3.80. The minimum atomic E-state index is 0.0732. The van der Waals surface area contributed by atoms with Crippen molar-refractivity contribution in [3.8, 4) is 5.75 Å². The summed E-state index contributed by atoms with van der Waals surface area (Å²) in [5.41, 5.74) is 0. The molecule has 1 aliphatic heterocycles. The zero-order valence-corrected chi connectivity index (χ0v) is 12.6. The molecule has 0 aromatic heterocycles. The molecule has 1 amide bonds. The van der Waals surface area contributed by atoms with Gasteiger partial charge in [-0.1, -0.05) is 18.2 Å². The minimum Gasteiger partial charge on any atom is -0.484 e. The van der Waals surface area contributed by atoms with Crippen molar-refractivity contribution in [2.75, 3.05) is 26.2 Å². The third-order valence-corrected chi connectivity index (χ3v) is 3.80. The van der Waals surface area contributed by atoms with Gasteiger partial charge in [0.05, 0.1) is 0 Å². The molecular weight excluding hydrogens is 252 g/mol. The van der Waals surface area contributed by atoms with Crippen molar-refractivity contribution in [3.63, 3.8) is 0 Å². The molecule has 2 rings (SSSR count). The smallest absolute Gasteiger partial charge is 0.260 e. The van der Waals surface area contributed by atoms with Gasteiger partial charge in [-0.05, 0) is 32.9 Å². The van der Waals surface area contributed by atoms with Crippen molar-refractivity contribution in [1.82, 2.24) is 9.80 Å². The molecule has 0 bridgehead atoms. The quantitative estimate of drug-likeness (QED) is 0.843. The second-order valence-corrected chi connectivity index (χ2v) is 5.62. The highest BCUT2D eigenvalue weighted by molar-refractivity contribution is 5.78. The maximum absolute atomic E-state index is 12.2. The lowest BCUT2D eigenvalue weighted by molar-refractivity contribution is -0.136. The molecule has 0 saturated carbocycles. The van der Waals surface area contributed by atoms with E-state index in [4.69, 9.17) is 4.74 Å². The summed E-state index contributed by atoms with van der Waals surface area (Å²) in [7, 11) is 0. The molecule has 0 spiro atoms. The van der Waals surface area contributed by atoms with Gasteiger partial charge in [-0.25, -0.2) is 0 Å². The molecule has 4 nitrogen and oxygen atoms in total. The van der Waals surface area contributed by atoms with Crippen LogP contribution >= 0.6 is 0 Å². The minimum absolute atomic E-state index is 0.0732. The van der Waals surface area contributed by atoms with Crippen LogP contribution in [0.1, 0.15) is 20.8 Å². The summed E-state index contributed by atoms with van der Waals surface area (Å²) >= 11 is 0. The molecule has 110 valence electrons. The van der Waals surface area contributed by atoms with Crippen LogP contribution in [0.4, 0.5) is 0 Å². The fraction of sp³-hybridized carbons (Fsp3) is 0.562. The van der Waals surface area contributed by atoms with Gasteiger partial charge in [0, 0.05) is 31.7 Å². The van der Waals surface area contributed by atoms with Crippen LogP contribution in [0.3, 0.4) is 0 Å². The summed E-state index contributed by atoms with van der Waals surface area (Å²) in [4.78, 5) is 16.5. The summed E-state index contributed by atoms with van der Waals surface area (Å²) < 4.78 is 5.53. The van der Waals surface area contributed by atoms with Crippen LogP contribution in [-0.4, -0.2) is 54.0 Å². The first-order valence-electron chi connectivity index (χ1n) is 7.29. The van der Waals surface area contributed by atoms with Gasteiger partial charge in [-0.3, -0.25) is 9.69 Å². The van der Waals surface area contributed by atoms with Gasteiger partial charge >= 0.3 is 0 Å². The standard InChI is InChI=1S/C16H24N2O2/c1-13(2)18-10-9-17(11-14(18)3)16(19)12-20-15-7-5-4-6-8-15/h4-8,13-14H,9-12H2,1-3H3. The number of carbonyl (C=O) groups is 1. The van der Waals surface area contributed by atoms with E-state index in [9.17, 15) is 4.79 Å². The number of carbonyl (C=O) groups excluding carboxylic acids is 1. The topological polar surface area (TPSA) is 32.8 Å². The van der Waals surface area contributed by atoms with E-state index in [0.29, 0.717) is 12.1 Å². The molecule has 20 heavy (non-hydrogen) atoms. The van der Waals surface area contributed by atoms with Crippen molar-refractivity contribution >= 4 is 5.91 Å². The molecule has 1 fully saturated rings. The fourth-order valence-corrected chi connectivity index (χ4v) is 2.72. The molecule has 1 aromatic carbocycles. The van der Waals surface area contributed by atoms with Crippen molar-refractivity contribution in [3.05, 3.63) is 30.3 Å². The van der Waals surface area contributed by atoms with Gasteiger partial charge in [0.1, 0.15) is 5.75 Å². The highest BCUT2D eigenvalue weighted by Crippen LogP contribution is 2.14. The van der Waals surface area contributed by atoms with Gasteiger partial charge < -0.3 is 9.64 Å².